The van der Waals surface area contributed by atoms with Gasteiger partial charge in [0.1, 0.15) is 0 Å². The first-order valence-corrected chi connectivity index (χ1v) is 4.28. The Morgan fingerprint density at radius 2 is 2.14 bits per heavy atom. The molecule has 2 N–H and O–H groups in total. The molecular weight excluding hydrogens is 180 g/mol. The summed E-state index contributed by atoms with van der Waals surface area (Å²) in [4.78, 5) is 17.6. The van der Waals surface area contributed by atoms with Crippen molar-refractivity contribution in [2.45, 2.75) is 0 Å². The average Bonchev–Trinajstić information content (AvgIpc) is 2.63. The SMILES string of the molecule is CNc1nc(N(C)C)c2nc[nH]c2n1. The van der Waals surface area contributed by atoms with Gasteiger partial charge in [0.2, 0.25) is 5.95 Å². The molecule has 2 heterocycles. The number of hydrogen-bond acceptors (Lipinski definition) is 5. The van der Waals surface area contributed by atoms with Crippen molar-refractivity contribution >= 4 is 22.9 Å². The van der Waals surface area contributed by atoms with Gasteiger partial charge in [0, 0.05) is 21.1 Å². The standard InChI is InChI=1S/C8H12N6/c1-9-8-12-6-5(10-4-11-6)7(13-8)14(2)3/h4H,1-3H3,(H2,9,10,11,12,13). The summed E-state index contributed by atoms with van der Waals surface area (Å²) in [6.45, 7) is 0. The van der Waals surface area contributed by atoms with E-state index in [0.717, 1.165) is 17.0 Å². The van der Waals surface area contributed by atoms with Gasteiger partial charge in [-0.25, -0.2) is 4.98 Å². The van der Waals surface area contributed by atoms with Gasteiger partial charge in [-0.15, -0.1) is 0 Å². The molecule has 0 aliphatic heterocycles. The number of imidazole rings is 1. The predicted molar refractivity (Wildman–Crippen MR) is 55.6 cm³/mol. The Balaban J connectivity index is 2.70. The van der Waals surface area contributed by atoms with Gasteiger partial charge in [-0.2, -0.15) is 9.97 Å². The van der Waals surface area contributed by atoms with Crippen LogP contribution in [0.25, 0.3) is 11.2 Å². The lowest BCUT2D eigenvalue weighted by molar-refractivity contribution is 1.05. The fourth-order valence-corrected chi connectivity index (χ4v) is 1.24. The molecule has 2 aromatic heterocycles. The molecule has 6 heteroatoms. The first-order valence-electron chi connectivity index (χ1n) is 4.28. The molecule has 2 aromatic rings. The van der Waals surface area contributed by atoms with Crippen LogP contribution < -0.4 is 10.2 Å². The van der Waals surface area contributed by atoms with E-state index in [1.807, 2.05) is 19.0 Å². The topological polar surface area (TPSA) is 69.7 Å². The monoisotopic (exact) mass is 192 g/mol. The van der Waals surface area contributed by atoms with Gasteiger partial charge in [-0.1, -0.05) is 0 Å². The van der Waals surface area contributed by atoms with Crippen LogP contribution in [-0.4, -0.2) is 41.1 Å². The van der Waals surface area contributed by atoms with E-state index in [1.165, 1.54) is 0 Å². The molecule has 0 fully saturated rings. The number of fused-ring (bicyclic) bond motifs is 1. The lowest BCUT2D eigenvalue weighted by Crippen LogP contribution is -2.13. The fourth-order valence-electron chi connectivity index (χ4n) is 1.24. The van der Waals surface area contributed by atoms with Gasteiger partial charge in [0.15, 0.2) is 17.0 Å². The van der Waals surface area contributed by atoms with Crippen LogP contribution in [-0.2, 0) is 0 Å². The predicted octanol–water partition coefficient (Wildman–Crippen LogP) is 0.461. The highest BCUT2D eigenvalue weighted by Crippen LogP contribution is 2.19. The number of aromatic amines is 1. The number of anilines is 2. The van der Waals surface area contributed by atoms with E-state index in [4.69, 9.17) is 0 Å². The summed E-state index contributed by atoms with van der Waals surface area (Å²) in [6, 6.07) is 0. The smallest absolute Gasteiger partial charge is 0.226 e. The van der Waals surface area contributed by atoms with E-state index >= 15 is 0 Å². The Bertz CT molecular complexity index is 446. The normalized spacial score (nSPS) is 10.5. The number of nitrogens with zero attached hydrogens (tertiary/aromatic N) is 4. The second-order valence-corrected chi connectivity index (χ2v) is 3.11. The van der Waals surface area contributed by atoms with Gasteiger partial charge < -0.3 is 15.2 Å². The molecule has 0 aromatic carbocycles. The van der Waals surface area contributed by atoms with Crippen LogP contribution in [0.2, 0.25) is 0 Å². The Morgan fingerprint density at radius 3 is 2.79 bits per heavy atom. The zero-order chi connectivity index (χ0) is 10.1. The minimum absolute atomic E-state index is 0.588. The van der Waals surface area contributed by atoms with Gasteiger partial charge in [-0.05, 0) is 0 Å². The van der Waals surface area contributed by atoms with Crippen molar-refractivity contribution in [1.82, 2.24) is 19.9 Å². The van der Waals surface area contributed by atoms with Gasteiger partial charge in [-0.3, -0.25) is 0 Å². The Kier molecular flexibility index (Phi) is 1.95. The summed E-state index contributed by atoms with van der Waals surface area (Å²) in [7, 11) is 5.64. The minimum Gasteiger partial charge on any atom is -0.361 e. The quantitative estimate of drug-likeness (QED) is 0.723. The Labute approximate surface area is 81.4 Å². The van der Waals surface area contributed by atoms with Crippen LogP contribution in [0.3, 0.4) is 0 Å². The third-order valence-electron chi connectivity index (χ3n) is 1.91. The maximum atomic E-state index is 4.31. The number of hydrogen-bond donors (Lipinski definition) is 2. The van der Waals surface area contributed by atoms with Crippen LogP contribution >= 0.6 is 0 Å². The second kappa shape index (κ2) is 3.13. The third-order valence-corrected chi connectivity index (χ3v) is 1.91. The number of nitrogens with one attached hydrogen (secondary N) is 2. The highest BCUT2D eigenvalue weighted by Gasteiger charge is 2.10. The molecule has 0 aliphatic carbocycles. The van der Waals surface area contributed by atoms with Gasteiger partial charge >= 0.3 is 0 Å². The molecule has 0 saturated heterocycles. The van der Waals surface area contributed by atoms with Crippen molar-refractivity contribution < 1.29 is 0 Å². The molecule has 0 spiro atoms. The molecule has 74 valence electrons. The minimum atomic E-state index is 0.588. The summed E-state index contributed by atoms with van der Waals surface area (Å²) >= 11 is 0. The molecule has 0 radical (unpaired) electrons. The van der Waals surface area contributed by atoms with Crippen molar-refractivity contribution in [3.63, 3.8) is 0 Å². The Morgan fingerprint density at radius 1 is 1.36 bits per heavy atom. The molecule has 0 unspecified atom stereocenters. The summed E-state index contributed by atoms with van der Waals surface area (Å²) in [5.41, 5.74) is 1.53. The lowest BCUT2D eigenvalue weighted by atomic mass is 10.4. The van der Waals surface area contributed by atoms with E-state index in [2.05, 4.69) is 25.3 Å². The maximum absolute atomic E-state index is 4.31. The van der Waals surface area contributed by atoms with Crippen LogP contribution in [0.5, 0.6) is 0 Å². The Hall–Kier alpha value is -1.85. The van der Waals surface area contributed by atoms with Crippen molar-refractivity contribution in [2.75, 3.05) is 31.4 Å². The molecule has 0 bridgehead atoms. The number of rotatable bonds is 2. The largest absolute Gasteiger partial charge is 0.361 e. The molecule has 0 atom stereocenters. The van der Waals surface area contributed by atoms with E-state index in [-0.39, 0.29) is 0 Å². The highest BCUT2D eigenvalue weighted by molar-refractivity contribution is 5.83. The maximum Gasteiger partial charge on any atom is 0.226 e. The highest BCUT2D eigenvalue weighted by atomic mass is 15.2. The molecule has 2 rings (SSSR count). The fraction of sp³-hybridized carbons (Fsp3) is 0.375. The molecule has 0 saturated carbocycles. The van der Waals surface area contributed by atoms with Crippen molar-refractivity contribution in [1.29, 1.82) is 0 Å². The summed E-state index contributed by atoms with van der Waals surface area (Å²) in [5, 5.41) is 2.91. The average molecular weight is 192 g/mol. The van der Waals surface area contributed by atoms with E-state index < -0.39 is 0 Å². The van der Waals surface area contributed by atoms with Crippen molar-refractivity contribution in [3.05, 3.63) is 6.33 Å². The van der Waals surface area contributed by atoms with Crippen molar-refractivity contribution in [3.8, 4) is 0 Å². The zero-order valence-corrected chi connectivity index (χ0v) is 8.37. The second-order valence-electron chi connectivity index (χ2n) is 3.11. The van der Waals surface area contributed by atoms with Gasteiger partial charge in [0.05, 0.1) is 6.33 Å². The first-order chi connectivity index (χ1) is 6.72. The summed E-state index contributed by atoms with van der Waals surface area (Å²) in [5.74, 6) is 1.39. The summed E-state index contributed by atoms with van der Waals surface area (Å²) < 4.78 is 0. The van der Waals surface area contributed by atoms with Crippen LogP contribution in [0.15, 0.2) is 6.33 Å². The van der Waals surface area contributed by atoms with E-state index in [9.17, 15) is 0 Å². The first kappa shape index (κ1) is 8.74. The lowest BCUT2D eigenvalue weighted by Gasteiger charge is -2.12. The van der Waals surface area contributed by atoms with Crippen LogP contribution in [0.1, 0.15) is 0 Å². The van der Waals surface area contributed by atoms with E-state index in [0.29, 0.717) is 5.95 Å². The third kappa shape index (κ3) is 1.24. The van der Waals surface area contributed by atoms with E-state index in [1.54, 1.807) is 13.4 Å². The summed E-state index contributed by atoms with van der Waals surface area (Å²) in [6.07, 6.45) is 1.62. The molecule has 0 aliphatic rings. The van der Waals surface area contributed by atoms with Gasteiger partial charge in [0.25, 0.3) is 0 Å². The number of H-pyrrole nitrogens is 1. The molecule has 6 nitrogen and oxygen atoms in total. The molecule has 0 amide bonds. The zero-order valence-electron chi connectivity index (χ0n) is 8.37. The number of aromatic nitrogens is 4. The van der Waals surface area contributed by atoms with Crippen LogP contribution in [0.4, 0.5) is 11.8 Å². The van der Waals surface area contributed by atoms with Crippen molar-refractivity contribution in [2.24, 2.45) is 0 Å². The molecular formula is C8H12N6. The molecule has 14 heavy (non-hydrogen) atoms. The van der Waals surface area contributed by atoms with Crippen LogP contribution in [0, 0.1) is 0 Å².